The Morgan fingerprint density at radius 2 is 1.59 bits per heavy atom. The van der Waals surface area contributed by atoms with Gasteiger partial charge in [-0.3, -0.25) is 4.90 Å². The van der Waals surface area contributed by atoms with Gasteiger partial charge in [0.25, 0.3) is 0 Å². The summed E-state index contributed by atoms with van der Waals surface area (Å²) in [5.74, 6) is 0.255. The van der Waals surface area contributed by atoms with Crippen molar-refractivity contribution in [3.8, 4) is 5.75 Å². The van der Waals surface area contributed by atoms with E-state index in [9.17, 15) is 9.59 Å². The summed E-state index contributed by atoms with van der Waals surface area (Å²) >= 11 is 0. The van der Waals surface area contributed by atoms with Gasteiger partial charge in [-0.15, -0.1) is 0 Å². The highest BCUT2D eigenvalue weighted by Crippen LogP contribution is 2.16. The quantitative estimate of drug-likeness (QED) is 0.609. The standard InChI is InChI=1S/C24H38N2O6/c1-23(2,3)31-21(27)20(25-22(28)32-24(4,5)6)17-18-7-9-19(10-8-18)30-16-13-26-11-14-29-15-12-26/h7-10,20H,11-17H2,1-6H3,(H,25,28)/t20-/m0/s1. The summed E-state index contributed by atoms with van der Waals surface area (Å²) in [5, 5.41) is 2.65. The molecule has 1 heterocycles. The lowest BCUT2D eigenvalue weighted by molar-refractivity contribution is -0.157. The fourth-order valence-electron chi connectivity index (χ4n) is 3.09. The monoisotopic (exact) mass is 450 g/mol. The lowest BCUT2D eigenvalue weighted by atomic mass is 10.1. The summed E-state index contributed by atoms with van der Waals surface area (Å²) in [6.45, 7) is 15.5. The van der Waals surface area contributed by atoms with E-state index in [1.807, 2.05) is 24.3 Å². The zero-order chi connectivity index (χ0) is 23.8. The molecule has 0 bridgehead atoms. The maximum atomic E-state index is 12.7. The van der Waals surface area contributed by atoms with Gasteiger partial charge >= 0.3 is 12.1 Å². The minimum absolute atomic E-state index is 0.280. The van der Waals surface area contributed by atoms with Crippen LogP contribution in [0.1, 0.15) is 47.1 Å². The molecule has 0 unspecified atom stereocenters. The van der Waals surface area contributed by atoms with E-state index in [4.69, 9.17) is 18.9 Å². The molecule has 1 aromatic carbocycles. The topological polar surface area (TPSA) is 86.3 Å². The number of amides is 1. The van der Waals surface area contributed by atoms with Gasteiger partial charge in [-0.05, 0) is 59.2 Å². The number of hydrogen-bond acceptors (Lipinski definition) is 7. The number of carbonyl (C=O) groups is 2. The lowest BCUT2D eigenvalue weighted by Gasteiger charge is -2.26. The number of nitrogens with one attached hydrogen (secondary N) is 1. The maximum absolute atomic E-state index is 12.7. The molecule has 0 saturated carbocycles. The third-order valence-electron chi connectivity index (χ3n) is 4.53. The lowest BCUT2D eigenvalue weighted by Crippen LogP contribution is -2.47. The van der Waals surface area contributed by atoms with Crippen molar-refractivity contribution < 1.29 is 28.5 Å². The molecule has 0 aliphatic carbocycles. The third-order valence-corrected chi connectivity index (χ3v) is 4.53. The van der Waals surface area contributed by atoms with E-state index in [1.165, 1.54) is 0 Å². The van der Waals surface area contributed by atoms with Crippen LogP contribution in [-0.2, 0) is 25.4 Å². The molecule has 0 spiro atoms. The maximum Gasteiger partial charge on any atom is 0.408 e. The number of benzene rings is 1. The molecule has 1 amide bonds. The Morgan fingerprint density at radius 3 is 2.16 bits per heavy atom. The van der Waals surface area contributed by atoms with E-state index < -0.39 is 29.3 Å². The largest absolute Gasteiger partial charge is 0.492 e. The van der Waals surface area contributed by atoms with Crippen molar-refractivity contribution in [3.63, 3.8) is 0 Å². The Bertz CT molecular complexity index is 730. The summed E-state index contributed by atoms with van der Waals surface area (Å²) in [4.78, 5) is 27.3. The van der Waals surface area contributed by atoms with Crippen molar-refractivity contribution in [1.82, 2.24) is 10.2 Å². The molecular weight excluding hydrogens is 412 g/mol. The Morgan fingerprint density at radius 1 is 1.00 bits per heavy atom. The molecular formula is C24H38N2O6. The molecule has 1 N–H and O–H groups in total. The van der Waals surface area contributed by atoms with Crippen molar-refractivity contribution in [2.45, 2.75) is 65.2 Å². The van der Waals surface area contributed by atoms with Gasteiger partial charge in [-0.2, -0.15) is 0 Å². The Kier molecular flexibility index (Phi) is 9.33. The highest BCUT2D eigenvalue weighted by molar-refractivity contribution is 5.82. The van der Waals surface area contributed by atoms with Crippen LogP contribution in [0.4, 0.5) is 4.79 Å². The minimum atomic E-state index is -0.864. The van der Waals surface area contributed by atoms with Gasteiger partial charge in [0.05, 0.1) is 13.2 Å². The SMILES string of the molecule is CC(C)(C)OC(=O)N[C@@H](Cc1ccc(OCCN2CCOCC2)cc1)C(=O)OC(C)(C)C. The molecule has 1 saturated heterocycles. The van der Waals surface area contributed by atoms with Gasteiger partial charge in [0.2, 0.25) is 0 Å². The Hall–Kier alpha value is -2.32. The van der Waals surface area contributed by atoms with Crippen LogP contribution in [0.25, 0.3) is 0 Å². The first-order valence-electron chi connectivity index (χ1n) is 11.2. The second-order valence-corrected chi connectivity index (χ2v) is 9.88. The number of ether oxygens (including phenoxy) is 4. The predicted octanol–water partition coefficient (Wildman–Crippen LogP) is 3.18. The van der Waals surface area contributed by atoms with Crippen molar-refractivity contribution in [1.29, 1.82) is 0 Å². The van der Waals surface area contributed by atoms with E-state index in [0.717, 1.165) is 44.2 Å². The summed E-state index contributed by atoms with van der Waals surface area (Å²) in [6, 6.07) is 6.65. The number of nitrogens with zero attached hydrogens (tertiary/aromatic N) is 1. The van der Waals surface area contributed by atoms with Crippen LogP contribution in [0.5, 0.6) is 5.75 Å². The van der Waals surface area contributed by atoms with Crippen molar-refractivity contribution in [2.75, 3.05) is 39.5 Å². The van der Waals surface area contributed by atoms with Gasteiger partial charge in [-0.25, -0.2) is 9.59 Å². The van der Waals surface area contributed by atoms with Crippen molar-refractivity contribution in [2.24, 2.45) is 0 Å². The molecule has 2 rings (SSSR count). The number of esters is 1. The van der Waals surface area contributed by atoms with Gasteiger partial charge in [0, 0.05) is 26.1 Å². The minimum Gasteiger partial charge on any atom is -0.492 e. The van der Waals surface area contributed by atoms with Crippen LogP contribution in [0.15, 0.2) is 24.3 Å². The number of alkyl carbamates (subject to hydrolysis) is 1. The second kappa shape index (κ2) is 11.5. The van der Waals surface area contributed by atoms with E-state index in [-0.39, 0.29) is 6.42 Å². The summed E-state index contributed by atoms with van der Waals surface area (Å²) < 4.78 is 22.0. The molecule has 1 aliphatic rings. The normalized spacial score (nSPS) is 16.2. The fraction of sp³-hybridized carbons (Fsp3) is 0.667. The molecule has 1 aliphatic heterocycles. The summed E-state index contributed by atoms with van der Waals surface area (Å²) in [7, 11) is 0. The number of hydrogen-bond donors (Lipinski definition) is 1. The first-order valence-corrected chi connectivity index (χ1v) is 11.2. The van der Waals surface area contributed by atoms with E-state index in [0.29, 0.717) is 6.61 Å². The molecule has 32 heavy (non-hydrogen) atoms. The van der Waals surface area contributed by atoms with Gasteiger partial charge < -0.3 is 24.3 Å². The van der Waals surface area contributed by atoms with E-state index in [2.05, 4.69) is 10.2 Å². The zero-order valence-corrected chi connectivity index (χ0v) is 20.2. The average molecular weight is 451 g/mol. The fourth-order valence-corrected chi connectivity index (χ4v) is 3.09. The first-order chi connectivity index (χ1) is 14.9. The number of carbonyl (C=O) groups excluding carboxylic acids is 2. The van der Waals surface area contributed by atoms with Crippen LogP contribution in [0, 0.1) is 0 Å². The van der Waals surface area contributed by atoms with Crippen LogP contribution < -0.4 is 10.1 Å². The van der Waals surface area contributed by atoms with Crippen LogP contribution >= 0.6 is 0 Å². The van der Waals surface area contributed by atoms with Crippen LogP contribution in [0.3, 0.4) is 0 Å². The molecule has 1 atom stereocenters. The Labute approximate surface area is 191 Å². The van der Waals surface area contributed by atoms with Crippen molar-refractivity contribution >= 4 is 12.1 Å². The van der Waals surface area contributed by atoms with Crippen LogP contribution in [-0.4, -0.2) is 73.7 Å². The zero-order valence-electron chi connectivity index (χ0n) is 20.2. The average Bonchev–Trinajstić information content (AvgIpc) is 2.67. The van der Waals surface area contributed by atoms with Crippen LogP contribution in [0.2, 0.25) is 0 Å². The molecule has 0 aromatic heterocycles. The second-order valence-electron chi connectivity index (χ2n) is 9.88. The smallest absolute Gasteiger partial charge is 0.408 e. The molecule has 8 nitrogen and oxygen atoms in total. The highest BCUT2D eigenvalue weighted by Gasteiger charge is 2.29. The predicted molar refractivity (Wildman–Crippen MR) is 122 cm³/mol. The molecule has 1 fully saturated rings. The van der Waals surface area contributed by atoms with E-state index >= 15 is 0 Å². The number of morpholine rings is 1. The van der Waals surface area contributed by atoms with Gasteiger partial charge in [0.15, 0.2) is 0 Å². The molecule has 0 radical (unpaired) electrons. The van der Waals surface area contributed by atoms with E-state index in [1.54, 1.807) is 41.5 Å². The summed E-state index contributed by atoms with van der Waals surface area (Å²) in [6.07, 6.45) is -0.376. The van der Waals surface area contributed by atoms with Crippen molar-refractivity contribution in [3.05, 3.63) is 29.8 Å². The first kappa shape index (κ1) is 25.9. The molecule has 8 heteroatoms. The summed E-state index contributed by atoms with van der Waals surface area (Å²) in [5.41, 5.74) is -0.455. The Balaban J connectivity index is 1.94. The van der Waals surface area contributed by atoms with Gasteiger partial charge in [0.1, 0.15) is 29.6 Å². The molecule has 1 aromatic rings. The number of rotatable bonds is 8. The highest BCUT2D eigenvalue weighted by atomic mass is 16.6. The molecule has 180 valence electrons. The third kappa shape index (κ3) is 10.3. The van der Waals surface area contributed by atoms with Gasteiger partial charge in [-0.1, -0.05) is 12.1 Å².